The van der Waals surface area contributed by atoms with Crippen molar-refractivity contribution in [1.29, 1.82) is 0 Å². The molecule has 1 heterocycles. The molecule has 2 aromatic rings. The molecule has 0 N–H and O–H groups in total. The zero-order valence-corrected chi connectivity index (χ0v) is 20.5. The standard InChI is InChI=1S/C29H44N2O/c1-3-5-7-9-10-11-12-13-15-17-23-32-28-21-19-27(20-22-28)29-30-24-26(25-31-29)18-16-14-8-6-4-2/h17,19-25H,3-16,18H2,1-2H3. The summed E-state index contributed by atoms with van der Waals surface area (Å²) in [6.45, 7) is 4.52. The first-order chi connectivity index (χ1) is 15.8. The summed E-state index contributed by atoms with van der Waals surface area (Å²) in [5.41, 5.74) is 2.25. The number of aryl methyl sites for hydroxylation is 1. The van der Waals surface area contributed by atoms with Gasteiger partial charge in [0, 0.05) is 18.0 Å². The van der Waals surface area contributed by atoms with Gasteiger partial charge in [0.1, 0.15) is 5.75 Å². The third kappa shape index (κ3) is 11.5. The number of unbranched alkanes of at least 4 members (excludes halogenated alkanes) is 12. The molecule has 0 radical (unpaired) electrons. The molecule has 0 fully saturated rings. The van der Waals surface area contributed by atoms with E-state index < -0.39 is 0 Å². The van der Waals surface area contributed by atoms with Crippen molar-refractivity contribution in [3.63, 3.8) is 0 Å². The Kier molecular flexibility index (Phi) is 14.2. The molecule has 0 saturated heterocycles. The van der Waals surface area contributed by atoms with Gasteiger partial charge in [-0.15, -0.1) is 0 Å². The highest BCUT2D eigenvalue weighted by Crippen LogP contribution is 2.20. The largest absolute Gasteiger partial charge is 0.465 e. The third-order valence-corrected chi connectivity index (χ3v) is 5.91. The lowest BCUT2D eigenvalue weighted by atomic mass is 10.1. The number of aromatic nitrogens is 2. The predicted molar refractivity (Wildman–Crippen MR) is 137 cm³/mol. The molecule has 0 atom stereocenters. The lowest BCUT2D eigenvalue weighted by Crippen LogP contribution is -1.93. The van der Waals surface area contributed by atoms with Gasteiger partial charge in [0.15, 0.2) is 5.82 Å². The Hall–Kier alpha value is -2.16. The van der Waals surface area contributed by atoms with E-state index in [0.29, 0.717) is 0 Å². The summed E-state index contributed by atoms with van der Waals surface area (Å²) >= 11 is 0. The minimum atomic E-state index is 0.775. The van der Waals surface area contributed by atoms with Gasteiger partial charge in [-0.3, -0.25) is 0 Å². The second-order valence-corrected chi connectivity index (χ2v) is 8.86. The van der Waals surface area contributed by atoms with Crippen LogP contribution in [0, 0.1) is 0 Å². The van der Waals surface area contributed by atoms with E-state index in [9.17, 15) is 0 Å². The summed E-state index contributed by atoms with van der Waals surface area (Å²) in [4.78, 5) is 9.12. The van der Waals surface area contributed by atoms with Crippen molar-refractivity contribution in [2.45, 2.75) is 110 Å². The van der Waals surface area contributed by atoms with Crippen LogP contribution >= 0.6 is 0 Å². The summed E-state index contributed by atoms with van der Waals surface area (Å²) in [7, 11) is 0. The fraction of sp³-hybridized carbons (Fsp3) is 0.586. The predicted octanol–water partition coefficient (Wildman–Crippen LogP) is 9.08. The molecular formula is C29H44N2O. The monoisotopic (exact) mass is 436 g/mol. The fourth-order valence-corrected chi connectivity index (χ4v) is 3.84. The van der Waals surface area contributed by atoms with Crippen molar-refractivity contribution >= 4 is 0 Å². The van der Waals surface area contributed by atoms with Crippen LogP contribution in [0.1, 0.15) is 109 Å². The molecule has 1 aromatic heterocycles. The van der Waals surface area contributed by atoms with Crippen LogP contribution in [0.15, 0.2) is 49.0 Å². The Morgan fingerprint density at radius 3 is 1.88 bits per heavy atom. The highest BCUT2D eigenvalue weighted by atomic mass is 16.5. The van der Waals surface area contributed by atoms with Gasteiger partial charge in [-0.1, -0.05) is 84.5 Å². The molecule has 0 unspecified atom stereocenters. The molecule has 0 spiro atoms. The Balaban J connectivity index is 1.62. The summed E-state index contributed by atoms with van der Waals surface area (Å²) in [5, 5.41) is 0. The van der Waals surface area contributed by atoms with Crippen LogP contribution in [0.5, 0.6) is 5.75 Å². The smallest absolute Gasteiger partial charge is 0.159 e. The molecule has 0 saturated carbocycles. The summed E-state index contributed by atoms with van der Waals surface area (Å²) in [6.07, 6.45) is 27.4. The second-order valence-electron chi connectivity index (χ2n) is 8.86. The molecular weight excluding hydrogens is 392 g/mol. The molecule has 0 aliphatic heterocycles. The SMILES string of the molecule is CCCCCCCCCCC=COc1ccc(-c2ncc(CCCCCCC)cn2)cc1. The topological polar surface area (TPSA) is 35.0 Å². The minimum Gasteiger partial charge on any atom is -0.465 e. The zero-order chi connectivity index (χ0) is 22.7. The third-order valence-electron chi connectivity index (χ3n) is 5.91. The average molecular weight is 437 g/mol. The Morgan fingerprint density at radius 2 is 1.25 bits per heavy atom. The number of benzene rings is 1. The highest BCUT2D eigenvalue weighted by Gasteiger charge is 2.02. The summed E-state index contributed by atoms with van der Waals surface area (Å²) < 4.78 is 5.74. The minimum absolute atomic E-state index is 0.775. The van der Waals surface area contributed by atoms with Crippen LogP contribution in [-0.4, -0.2) is 9.97 Å². The molecule has 3 nitrogen and oxygen atoms in total. The molecule has 0 aliphatic rings. The molecule has 176 valence electrons. The normalized spacial score (nSPS) is 11.3. The molecule has 2 rings (SSSR count). The van der Waals surface area contributed by atoms with Gasteiger partial charge >= 0.3 is 0 Å². The van der Waals surface area contributed by atoms with Gasteiger partial charge in [0.05, 0.1) is 6.26 Å². The van der Waals surface area contributed by atoms with E-state index in [4.69, 9.17) is 4.74 Å². The van der Waals surface area contributed by atoms with Crippen molar-refractivity contribution < 1.29 is 4.74 Å². The van der Waals surface area contributed by atoms with Gasteiger partial charge in [-0.25, -0.2) is 9.97 Å². The van der Waals surface area contributed by atoms with E-state index in [1.165, 1.54) is 89.0 Å². The van der Waals surface area contributed by atoms with Crippen molar-refractivity contribution in [1.82, 2.24) is 9.97 Å². The van der Waals surface area contributed by atoms with Gasteiger partial charge in [0.25, 0.3) is 0 Å². The number of hydrogen-bond donors (Lipinski definition) is 0. The lowest BCUT2D eigenvalue weighted by molar-refractivity contribution is 0.477. The van der Waals surface area contributed by atoms with E-state index in [0.717, 1.165) is 30.0 Å². The second kappa shape index (κ2) is 17.4. The molecule has 3 heteroatoms. The van der Waals surface area contributed by atoms with Gasteiger partial charge in [0.2, 0.25) is 0 Å². The van der Waals surface area contributed by atoms with Crippen molar-refractivity contribution in [2.24, 2.45) is 0 Å². The van der Waals surface area contributed by atoms with Crippen LogP contribution in [-0.2, 0) is 6.42 Å². The van der Waals surface area contributed by atoms with Crippen molar-refractivity contribution in [3.05, 3.63) is 54.6 Å². The number of hydrogen-bond acceptors (Lipinski definition) is 3. The summed E-state index contributed by atoms with van der Waals surface area (Å²) in [6, 6.07) is 8.03. The Bertz CT molecular complexity index is 722. The first kappa shape index (κ1) is 26.1. The van der Waals surface area contributed by atoms with E-state index in [1.807, 2.05) is 42.9 Å². The first-order valence-corrected chi connectivity index (χ1v) is 13.1. The molecule has 1 aromatic carbocycles. The number of nitrogens with zero attached hydrogens (tertiary/aromatic N) is 2. The molecule has 0 aliphatic carbocycles. The van der Waals surface area contributed by atoms with E-state index in [-0.39, 0.29) is 0 Å². The van der Waals surface area contributed by atoms with Crippen LogP contribution in [0.2, 0.25) is 0 Å². The number of rotatable bonds is 18. The van der Waals surface area contributed by atoms with E-state index in [2.05, 4.69) is 29.9 Å². The van der Waals surface area contributed by atoms with Gasteiger partial charge < -0.3 is 4.74 Å². The molecule has 0 amide bonds. The van der Waals surface area contributed by atoms with Crippen molar-refractivity contribution in [2.75, 3.05) is 0 Å². The maximum absolute atomic E-state index is 5.74. The average Bonchev–Trinajstić information content (AvgIpc) is 2.83. The van der Waals surface area contributed by atoms with Gasteiger partial charge in [-0.2, -0.15) is 0 Å². The quantitative estimate of drug-likeness (QED) is 0.173. The molecule has 32 heavy (non-hydrogen) atoms. The number of ether oxygens (including phenoxy) is 1. The van der Waals surface area contributed by atoms with Gasteiger partial charge in [-0.05, 0) is 61.6 Å². The highest BCUT2D eigenvalue weighted by molar-refractivity contribution is 5.55. The first-order valence-electron chi connectivity index (χ1n) is 13.1. The van der Waals surface area contributed by atoms with Crippen LogP contribution in [0.3, 0.4) is 0 Å². The van der Waals surface area contributed by atoms with E-state index >= 15 is 0 Å². The Labute approximate surface area is 196 Å². The maximum atomic E-state index is 5.74. The van der Waals surface area contributed by atoms with Crippen LogP contribution < -0.4 is 4.74 Å². The van der Waals surface area contributed by atoms with Crippen LogP contribution in [0.25, 0.3) is 11.4 Å². The van der Waals surface area contributed by atoms with Crippen LogP contribution in [0.4, 0.5) is 0 Å². The lowest BCUT2D eigenvalue weighted by Gasteiger charge is -2.05. The molecule has 0 bridgehead atoms. The zero-order valence-electron chi connectivity index (χ0n) is 20.5. The van der Waals surface area contributed by atoms with Crippen molar-refractivity contribution in [3.8, 4) is 17.1 Å². The van der Waals surface area contributed by atoms with E-state index in [1.54, 1.807) is 0 Å². The fourth-order valence-electron chi connectivity index (χ4n) is 3.84. The maximum Gasteiger partial charge on any atom is 0.159 e. The summed E-state index contributed by atoms with van der Waals surface area (Å²) in [5.74, 6) is 1.63. The number of allylic oxidation sites excluding steroid dienone is 1. The Morgan fingerprint density at radius 1 is 0.688 bits per heavy atom.